The molecule has 0 radical (unpaired) electrons. The van der Waals surface area contributed by atoms with Gasteiger partial charge in [-0.3, -0.25) is 0 Å². The zero-order valence-corrected chi connectivity index (χ0v) is 13.3. The van der Waals surface area contributed by atoms with E-state index in [-0.39, 0.29) is 0 Å². The van der Waals surface area contributed by atoms with Crippen molar-refractivity contribution in [2.75, 3.05) is 33.8 Å². The van der Waals surface area contributed by atoms with Crippen molar-refractivity contribution in [3.63, 3.8) is 0 Å². The van der Waals surface area contributed by atoms with Crippen LogP contribution in [0.2, 0.25) is 0 Å². The summed E-state index contributed by atoms with van der Waals surface area (Å²) in [4.78, 5) is 0. The van der Waals surface area contributed by atoms with E-state index in [1.54, 1.807) is 0 Å². The fourth-order valence-corrected chi connectivity index (χ4v) is 3.98. The second-order valence-electron chi connectivity index (χ2n) is 7.95. The minimum atomic E-state index is 0.418. The van der Waals surface area contributed by atoms with Crippen molar-refractivity contribution in [1.82, 2.24) is 0 Å². The summed E-state index contributed by atoms with van der Waals surface area (Å²) in [6.45, 7) is 12.9. The molecule has 0 amide bonds. The Morgan fingerprint density at radius 3 is 2.33 bits per heavy atom. The molecule has 0 N–H and O–H groups in total. The average Bonchev–Trinajstić information content (AvgIpc) is 2.62. The Hall–Kier alpha value is -0.0800. The molecule has 0 aromatic rings. The highest BCUT2D eigenvalue weighted by atomic mass is 16.5. The molecule has 2 fully saturated rings. The van der Waals surface area contributed by atoms with Crippen LogP contribution in [0.3, 0.4) is 0 Å². The molecule has 0 aliphatic heterocycles. The van der Waals surface area contributed by atoms with Crippen LogP contribution < -0.4 is 0 Å². The molecule has 2 bridgehead atoms. The first-order chi connectivity index (χ1) is 8.23. The maximum atomic E-state index is 6.30. The van der Waals surface area contributed by atoms with Crippen molar-refractivity contribution in [3.05, 3.63) is 0 Å². The zero-order valence-electron chi connectivity index (χ0n) is 13.3. The normalized spacial score (nSPS) is 38.3. The van der Waals surface area contributed by atoms with E-state index in [4.69, 9.17) is 4.74 Å². The predicted molar refractivity (Wildman–Crippen MR) is 76.5 cm³/mol. The highest BCUT2D eigenvalue weighted by molar-refractivity contribution is 5.11. The molecule has 0 heterocycles. The van der Waals surface area contributed by atoms with Crippen molar-refractivity contribution in [2.24, 2.45) is 16.7 Å². The van der Waals surface area contributed by atoms with Gasteiger partial charge in [-0.1, -0.05) is 20.8 Å². The Kier molecular flexibility index (Phi) is 3.57. The van der Waals surface area contributed by atoms with Crippen molar-refractivity contribution < 1.29 is 9.22 Å². The van der Waals surface area contributed by atoms with E-state index in [1.165, 1.54) is 25.8 Å². The zero-order chi connectivity index (χ0) is 13.6. The van der Waals surface area contributed by atoms with Crippen LogP contribution in [-0.4, -0.2) is 44.4 Å². The van der Waals surface area contributed by atoms with Crippen LogP contribution in [0.4, 0.5) is 0 Å². The van der Waals surface area contributed by atoms with Crippen LogP contribution in [0.15, 0.2) is 0 Å². The van der Waals surface area contributed by atoms with Gasteiger partial charge in [-0.15, -0.1) is 0 Å². The molecule has 0 spiro atoms. The average molecular weight is 254 g/mol. The molecular formula is C16H32NO+. The fourth-order valence-electron chi connectivity index (χ4n) is 3.98. The minimum Gasteiger partial charge on any atom is -0.372 e. The Bertz CT molecular complexity index is 310. The van der Waals surface area contributed by atoms with E-state index >= 15 is 0 Å². The maximum Gasteiger partial charge on any atom is 0.102 e. The summed E-state index contributed by atoms with van der Waals surface area (Å²) in [7, 11) is 4.58. The summed E-state index contributed by atoms with van der Waals surface area (Å²) in [6.07, 6.45) is 4.58. The van der Waals surface area contributed by atoms with Gasteiger partial charge in [-0.25, -0.2) is 0 Å². The highest BCUT2D eigenvalue weighted by Gasteiger charge is 2.61. The summed E-state index contributed by atoms with van der Waals surface area (Å²) in [5, 5.41) is 0. The number of hydrogen-bond donors (Lipinski definition) is 0. The predicted octanol–water partition coefficient (Wildman–Crippen LogP) is 3.31. The summed E-state index contributed by atoms with van der Waals surface area (Å²) < 4.78 is 7.36. The van der Waals surface area contributed by atoms with Crippen LogP contribution in [0.5, 0.6) is 0 Å². The lowest BCUT2D eigenvalue weighted by molar-refractivity contribution is -0.889. The first-order valence-corrected chi connectivity index (χ1v) is 7.66. The fraction of sp³-hybridized carbons (Fsp3) is 1.00. The lowest BCUT2D eigenvalue weighted by Gasteiger charge is -2.39. The van der Waals surface area contributed by atoms with E-state index < -0.39 is 0 Å². The highest BCUT2D eigenvalue weighted by Crippen LogP contribution is 2.66. The summed E-state index contributed by atoms with van der Waals surface area (Å²) in [5.74, 6) is 0.890. The SMILES string of the molecule is CC[N+](C)(C)CCO[C@H]1C[C@H]2CC[C@@]1(C)C2(C)C. The summed E-state index contributed by atoms with van der Waals surface area (Å²) >= 11 is 0. The Labute approximate surface area is 113 Å². The van der Waals surface area contributed by atoms with Crippen molar-refractivity contribution in [3.8, 4) is 0 Å². The monoisotopic (exact) mass is 254 g/mol. The minimum absolute atomic E-state index is 0.418. The summed E-state index contributed by atoms with van der Waals surface area (Å²) in [6, 6.07) is 0. The van der Waals surface area contributed by atoms with Gasteiger partial charge in [0.05, 0.1) is 33.4 Å². The van der Waals surface area contributed by atoms with Gasteiger partial charge in [0, 0.05) is 0 Å². The third-order valence-corrected chi connectivity index (χ3v) is 6.59. The van der Waals surface area contributed by atoms with E-state index in [9.17, 15) is 0 Å². The summed E-state index contributed by atoms with van der Waals surface area (Å²) in [5.41, 5.74) is 0.897. The van der Waals surface area contributed by atoms with E-state index in [0.717, 1.165) is 23.6 Å². The second kappa shape index (κ2) is 4.49. The van der Waals surface area contributed by atoms with Crippen molar-refractivity contribution in [1.29, 1.82) is 0 Å². The van der Waals surface area contributed by atoms with Gasteiger partial charge in [0.2, 0.25) is 0 Å². The van der Waals surface area contributed by atoms with Crippen LogP contribution >= 0.6 is 0 Å². The Morgan fingerprint density at radius 2 is 1.89 bits per heavy atom. The third-order valence-electron chi connectivity index (χ3n) is 6.59. The molecule has 0 aromatic heterocycles. The van der Waals surface area contributed by atoms with Crippen LogP contribution in [0, 0.1) is 16.7 Å². The lowest BCUT2D eigenvalue weighted by Crippen LogP contribution is -2.44. The van der Waals surface area contributed by atoms with Crippen LogP contribution in [-0.2, 0) is 4.74 Å². The van der Waals surface area contributed by atoms with Gasteiger partial charge in [-0.05, 0) is 42.9 Å². The first kappa shape index (κ1) is 14.3. The van der Waals surface area contributed by atoms with E-state index in [1.807, 2.05) is 0 Å². The molecule has 0 saturated heterocycles. The maximum absolute atomic E-state index is 6.30. The largest absolute Gasteiger partial charge is 0.372 e. The van der Waals surface area contributed by atoms with Gasteiger partial charge in [-0.2, -0.15) is 0 Å². The molecular weight excluding hydrogens is 222 g/mol. The quantitative estimate of drug-likeness (QED) is 0.684. The smallest absolute Gasteiger partial charge is 0.102 e. The third kappa shape index (κ3) is 2.12. The molecule has 2 saturated carbocycles. The van der Waals surface area contributed by atoms with Crippen molar-refractivity contribution >= 4 is 0 Å². The van der Waals surface area contributed by atoms with E-state index in [2.05, 4.69) is 41.8 Å². The molecule has 0 unspecified atom stereocenters. The molecule has 106 valence electrons. The molecule has 2 nitrogen and oxygen atoms in total. The Morgan fingerprint density at radius 1 is 1.22 bits per heavy atom. The molecule has 0 aromatic carbocycles. The molecule has 18 heavy (non-hydrogen) atoms. The van der Waals surface area contributed by atoms with Gasteiger partial charge in [0.15, 0.2) is 0 Å². The lowest BCUT2D eigenvalue weighted by atomic mass is 9.70. The van der Waals surface area contributed by atoms with E-state index in [0.29, 0.717) is 16.9 Å². The molecule has 3 atom stereocenters. The number of quaternary nitrogens is 1. The van der Waals surface area contributed by atoms with Gasteiger partial charge in [0.1, 0.15) is 6.54 Å². The van der Waals surface area contributed by atoms with Crippen molar-refractivity contribution in [2.45, 2.75) is 53.1 Å². The number of nitrogens with zero attached hydrogens (tertiary/aromatic N) is 1. The van der Waals surface area contributed by atoms with Gasteiger partial charge in [0.25, 0.3) is 0 Å². The number of likely N-dealkylation sites (N-methyl/N-ethyl adjacent to an activating group) is 1. The van der Waals surface area contributed by atoms with Crippen LogP contribution in [0.25, 0.3) is 0 Å². The molecule has 2 heteroatoms. The standard InChI is InChI=1S/C16H32NO/c1-7-17(5,6)10-11-18-14-12-13-8-9-16(14,4)15(13,2)3/h13-14H,7-12H2,1-6H3/q+1/t13-,14+,16-/m1/s1. The Balaban J connectivity index is 1.90. The molecule has 2 aliphatic carbocycles. The molecule has 2 aliphatic rings. The second-order valence-corrected chi connectivity index (χ2v) is 7.95. The molecule has 2 rings (SSSR count). The number of rotatable bonds is 5. The number of fused-ring (bicyclic) bond motifs is 2. The first-order valence-electron chi connectivity index (χ1n) is 7.66. The number of hydrogen-bond acceptors (Lipinski definition) is 1. The topological polar surface area (TPSA) is 9.23 Å². The van der Waals surface area contributed by atoms with Gasteiger partial charge < -0.3 is 9.22 Å². The van der Waals surface area contributed by atoms with Gasteiger partial charge >= 0.3 is 0 Å². The number of ether oxygens (including phenoxy) is 1. The van der Waals surface area contributed by atoms with Crippen LogP contribution in [0.1, 0.15) is 47.0 Å².